The van der Waals surface area contributed by atoms with Crippen molar-refractivity contribution in [3.8, 4) is 0 Å². The summed E-state index contributed by atoms with van der Waals surface area (Å²) in [5.41, 5.74) is 5.66. The Morgan fingerprint density at radius 2 is 1.91 bits per heavy atom. The van der Waals surface area contributed by atoms with Crippen molar-refractivity contribution in [2.45, 2.75) is 51.9 Å². The van der Waals surface area contributed by atoms with Crippen LogP contribution in [0.3, 0.4) is 0 Å². The van der Waals surface area contributed by atoms with Crippen molar-refractivity contribution in [3.05, 3.63) is 76.4 Å². The number of esters is 1. The Morgan fingerprint density at radius 3 is 2.62 bits per heavy atom. The number of rotatable bonds is 7. The third kappa shape index (κ3) is 5.53. The molecule has 1 fully saturated rings. The lowest BCUT2D eigenvalue weighted by Gasteiger charge is -2.25. The molecule has 1 aliphatic rings. The van der Waals surface area contributed by atoms with E-state index < -0.39 is 5.97 Å². The van der Waals surface area contributed by atoms with Gasteiger partial charge in [0.1, 0.15) is 5.82 Å². The fourth-order valence-corrected chi connectivity index (χ4v) is 4.90. The maximum atomic E-state index is 12.0. The highest BCUT2D eigenvalue weighted by molar-refractivity contribution is 6.33. The number of hydrogen-bond donors (Lipinski definition) is 1. The van der Waals surface area contributed by atoms with Crippen LogP contribution in [0.15, 0.2) is 54.6 Å². The summed E-state index contributed by atoms with van der Waals surface area (Å²) in [6, 6.07) is 18.0. The van der Waals surface area contributed by atoms with E-state index in [0.717, 1.165) is 27.6 Å². The van der Waals surface area contributed by atoms with Crippen molar-refractivity contribution in [1.82, 2.24) is 4.98 Å². The molecule has 4 rings (SSSR count). The lowest BCUT2D eigenvalue weighted by atomic mass is 9.84. The minimum absolute atomic E-state index is 0.284. The summed E-state index contributed by atoms with van der Waals surface area (Å²) in [6.45, 7) is 4.14. The number of nitrogens with one attached hydrogen (secondary N) is 1. The van der Waals surface area contributed by atoms with Gasteiger partial charge < -0.3 is 15.0 Å². The first-order valence-corrected chi connectivity index (χ1v) is 12.4. The molecule has 2 aromatic carbocycles. The molecule has 1 heterocycles. The highest BCUT2D eigenvalue weighted by Gasteiger charge is 2.18. The maximum absolute atomic E-state index is 12.0. The molecule has 0 radical (unpaired) electrons. The van der Waals surface area contributed by atoms with Gasteiger partial charge in [0.05, 0.1) is 17.3 Å². The average Bonchev–Trinajstić information content (AvgIpc) is 2.85. The van der Waals surface area contributed by atoms with Gasteiger partial charge in [-0.25, -0.2) is 9.78 Å². The monoisotopic (exact) mass is 477 g/mol. The minimum Gasteiger partial charge on any atom is -0.461 e. The molecular weight excluding hydrogens is 446 g/mol. The molecule has 1 saturated carbocycles. The molecule has 0 bridgehead atoms. The molecule has 0 aliphatic heterocycles. The summed E-state index contributed by atoms with van der Waals surface area (Å²) < 4.78 is 5.05. The van der Waals surface area contributed by atoms with Crippen LogP contribution >= 0.6 is 11.6 Å². The highest BCUT2D eigenvalue weighted by Crippen LogP contribution is 2.38. The largest absolute Gasteiger partial charge is 0.461 e. The van der Waals surface area contributed by atoms with E-state index in [4.69, 9.17) is 16.3 Å². The second kappa shape index (κ2) is 10.9. The molecule has 0 amide bonds. The number of hydrogen-bond acceptors (Lipinski definition) is 5. The number of carbonyl (C=O) groups is 1. The standard InChI is InChI=1S/C28H32ClN3O2/c1-4-34-28(33)25-11-8-12-27(31-25)30-24-15-14-22(17-19(24)2)32(3)26-16-13-21(18-23(26)29)20-9-6-5-7-10-20/h8,11-18,20H,4-7,9-10H2,1-3H3,(H,30,31). The van der Waals surface area contributed by atoms with E-state index in [-0.39, 0.29) is 5.69 Å². The van der Waals surface area contributed by atoms with Crippen LogP contribution in [-0.2, 0) is 4.74 Å². The van der Waals surface area contributed by atoms with Crippen molar-refractivity contribution in [1.29, 1.82) is 0 Å². The molecule has 0 atom stereocenters. The predicted octanol–water partition coefficient (Wildman–Crippen LogP) is 7.78. The molecule has 1 aliphatic carbocycles. The lowest BCUT2D eigenvalue weighted by molar-refractivity contribution is 0.0519. The van der Waals surface area contributed by atoms with Crippen LogP contribution in [0, 0.1) is 6.92 Å². The fraction of sp³-hybridized carbons (Fsp3) is 0.357. The van der Waals surface area contributed by atoms with Crippen molar-refractivity contribution < 1.29 is 9.53 Å². The number of ether oxygens (including phenoxy) is 1. The number of carbonyl (C=O) groups excluding carboxylic acids is 1. The van der Waals surface area contributed by atoms with Crippen LogP contribution < -0.4 is 10.2 Å². The molecule has 0 unspecified atom stereocenters. The van der Waals surface area contributed by atoms with E-state index >= 15 is 0 Å². The van der Waals surface area contributed by atoms with Crippen LogP contribution in [0.25, 0.3) is 0 Å². The summed E-state index contributed by atoms with van der Waals surface area (Å²) in [5.74, 6) is 0.802. The second-order valence-corrected chi connectivity index (χ2v) is 9.26. The number of aromatic nitrogens is 1. The Bertz CT molecular complexity index is 1160. The van der Waals surface area contributed by atoms with E-state index in [2.05, 4.69) is 45.5 Å². The zero-order valence-corrected chi connectivity index (χ0v) is 20.9. The predicted molar refractivity (Wildman–Crippen MR) is 140 cm³/mol. The molecule has 1 N–H and O–H groups in total. The first kappa shape index (κ1) is 24.1. The molecule has 6 heteroatoms. The van der Waals surface area contributed by atoms with Crippen LogP contribution in [0.4, 0.5) is 22.9 Å². The normalized spacial score (nSPS) is 14.0. The summed E-state index contributed by atoms with van der Waals surface area (Å²) in [4.78, 5) is 18.5. The van der Waals surface area contributed by atoms with Gasteiger partial charge in [0.15, 0.2) is 5.69 Å². The third-order valence-electron chi connectivity index (χ3n) is 6.50. The van der Waals surface area contributed by atoms with Gasteiger partial charge in [0, 0.05) is 18.4 Å². The highest BCUT2D eigenvalue weighted by atomic mass is 35.5. The van der Waals surface area contributed by atoms with E-state index in [0.29, 0.717) is 18.3 Å². The smallest absolute Gasteiger partial charge is 0.356 e. The van der Waals surface area contributed by atoms with E-state index in [9.17, 15) is 4.79 Å². The molecule has 0 saturated heterocycles. The van der Waals surface area contributed by atoms with Gasteiger partial charge in [0.25, 0.3) is 0 Å². The first-order valence-electron chi connectivity index (χ1n) is 12.0. The number of halogens is 1. The first-order chi connectivity index (χ1) is 16.5. The van der Waals surface area contributed by atoms with Crippen LogP contribution in [0.1, 0.15) is 66.6 Å². The van der Waals surface area contributed by atoms with Crippen molar-refractivity contribution in [2.24, 2.45) is 0 Å². The molecule has 34 heavy (non-hydrogen) atoms. The van der Waals surface area contributed by atoms with E-state index in [1.165, 1.54) is 37.7 Å². The van der Waals surface area contributed by atoms with Crippen molar-refractivity contribution in [2.75, 3.05) is 23.9 Å². The van der Waals surface area contributed by atoms with E-state index in [1.807, 2.05) is 26.1 Å². The van der Waals surface area contributed by atoms with Gasteiger partial charge in [-0.3, -0.25) is 0 Å². The number of anilines is 4. The Balaban J connectivity index is 1.50. The second-order valence-electron chi connectivity index (χ2n) is 8.86. The Labute approximate surface area is 207 Å². The van der Waals surface area contributed by atoms with Gasteiger partial charge >= 0.3 is 5.97 Å². The Hall–Kier alpha value is -3.05. The summed E-state index contributed by atoms with van der Waals surface area (Å²) >= 11 is 6.73. The van der Waals surface area contributed by atoms with Crippen LogP contribution in [0.2, 0.25) is 5.02 Å². The lowest BCUT2D eigenvalue weighted by Crippen LogP contribution is -2.11. The quantitative estimate of drug-likeness (QED) is 0.352. The number of aryl methyl sites for hydroxylation is 1. The minimum atomic E-state index is -0.425. The SMILES string of the molecule is CCOC(=O)c1cccc(Nc2ccc(N(C)c3ccc(C4CCCCC4)cc3Cl)cc2C)n1. The van der Waals surface area contributed by atoms with Gasteiger partial charge in [-0.05, 0) is 86.2 Å². The fourth-order valence-electron chi connectivity index (χ4n) is 4.58. The van der Waals surface area contributed by atoms with Gasteiger partial charge in [-0.2, -0.15) is 0 Å². The maximum Gasteiger partial charge on any atom is 0.356 e. The van der Waals surface area contributed by atoms with Gasteiger partial charge in [-0.1, -0.05) is 43.0 Å². The third-order valence-corrected chi connectivity index (χ3v) is 6.81. The molecule has 1 aromatic heterocycles. The summed E-state index contributed by atoms with van der Waals surface area (Å²) in [7, 11) is 2.04. The van der Waals surface area contributed by atoms with Gasteiger partial charge in [-0.15, -0.1) is 0 Å². The van der Waals surface area contributed by atoms with Crippen LogP contribution in [0.5, 0.6) is 0 Å². The number of benzene rings is 2. The molecule has 0 spiro atoms. The van der Waals surface area contributed by atoms with Crippen LogP contribution in [-0.4, -0.2) is 24.6 Å². The van der Waals surface area contributed by atoms with E-state index in [1.54, 1.807) is 19.1 Å². The zero-order valence-electron chi connectivity index (χ0n) is 20.1. The van der Waals surface area contributed by atoms with Crippen molar-refractivity contribution >= 4 is 40.5 Å². The Morgan fingerprint density at radius 1 is 1.12 bits per heavy atom. The molecular formula is C28H32ClN3O2. The average molecular weight is 478 g/mol. The Kier molecular flexibility index (Phi) is 7.73. The number of pyridine rings is 1. The number of nitrogens with zero attached hydrogens (tertiary/aromatic N) is 2. The summed E-state index contributed by atoms with van der Waals surface area (Å²) in [6.07, 6.45) is 6.49. The van der Waals surface area contributed by atoms with Gasteiger partial charge in [0.2, 0.25) is 0 Å². The molecule has 3 aromatic rings. The van der Waals surface area contributed by atoms with Crippen molar-refractivity contribution in [3.63, 3.8) is 0 Å². The molecule has 5 nitrogen and oxygen atoms in total. The molecule has 178 valence electrons. The zero-order chi connectivity index (χ0) is 24.1. The summed E-state index contributed by atoms with van der Waals surface area (Å²) in [5, 5.41) is 4.09. The topological polar surface area (TPSA) is 54.5 Å².